The molecule has 0 atom stereocenters. The summed E-state index contributed by atoms with van der Waals surface area (Å²) >= 11 is 0. The van der Waals surface area contributed by atoms with Crippen LogP contribution in [-0.2, 0) is 22.4 Å². The third-order valence-electron chi connectivity index (χ3n) is 4.46. The van der Waals surface area contributed by atoms with Crippen molar-refractivity contribution in [2.75, 3.05) is 18.0 Å². The normalized spacial score (nSPS) is 10.4. The second-order valence-corrected chi connectivity index (χ2v) is 6.48. The van der Waals surface area contributed by atoms with E-state index >= 15 is 0 Å². The Morgan fingerprint density at radius 2 is 1.77 bits per heavy atom. The van der Waals surface area contributed by atoms with E-state index in [1.54, 1.807) is 4.90 Å². The van der Waals surface area contributed by atoms with Gasteiger partial charge in [0.25, 0.3) is 0 Å². The van der Waals surface area contributed by atoms with Gasteiger partial charge in [0.2, 0.25) is 11.8 Å². The number of para-hydroxylation sites is 1. The van der Waals surface area contributed by atoms with E-state index in [1.807, 2.05) is 43.3 Å². The first-order valence-corrected chi connectivity index (χ1v) is 9.20. The summed E-state index contributed by atoms with van der Waals surface area (Å²) in [7, 11) is 0. The molecule has 0 bridgehead atoms. The highest BCUT2D eigenvalue weighted by atomic mass is 16.2. The minimum atomic E-state index is -0.126. The smallest absolute Gasteiger partial charge is 0.240 e. The molecule has 0 aliphatic rings. The average molecular weight is 352 g/mol. The number of carbonyl (C=O) groups excluding carboxylic acids is 2. The number of hydrogen-bond donors (Lipinski definition) is 1. The zero-order chi connectivity index (χ0) is 18.9. The number of hydrogen-bond acceptors (Lipinski definition) is 2. The van der Waals surface area contributed by atoms with Crippen LogP contribution >= 0.6 is 0 Å². The molecule has 1 N–H and O–H groups in total. The Labute approximate surface area is 156 Å². The summed E-state index contributed by atoms with van der Waals surface area (Å²) < 4.78 is 0. The molecule has 0 heterocycles. The molecular weight excluding hydrogens is 324 g/mol. The van der Waals surface area contributed by atoms with E-state index in [2.05, 4.69) is 24.4 Å². The van der Waals surface area contributed by atoms with Crippen LogP contribution < -0.4 is 10.2 Å². The lowest BCUT2D eigenvalue weighted by atomic mass is 10.0. The Kier molecular flexibility index (Phi) is 7.39. The molecule has 4 heteroatoms. The minimum absolute atomic E-state index is 0.0541. The Morgan fingerprint density at radius 3 is 2.42 bits per heavy atom. The molecular formula is C22H28N2O2. The predicted molar refractivity (Wildman–Crippen MR) is 106 cm³/mol. The molecule has 0 aliphatic carbocycles. The van der Waals surface area contributed by atoms with Crippen molar-refractivity contribution in [2.24, 2.45) is 0 Å². The van der Waals surface area contributed by atoms with Crippen LogP contribution in [0.1, 0.15) is 37.0 Å². The Morgan fingerprint density at radius 1 is 1.04 bits per heavy atom. The Hall–Kier alpha value is -2.62. The molecule has 0 radical (unpaired) electrons. The third-order valence-corrected chi connectivity index (χ3v) is 4.46. The molecule has 2 aromatic carbocycles. The third kappa shape index (κ3) is 5.45. The number of amides is 2. The van der Waals surface area contributed by atoms with Crippen LogP contribution in [0, 0.1) is 6.92 Å². The number of benzene rings is 2. The largest absolute Gasteiger partial charge is 0.355 e. The van der Waals surface area contributed by atoms with Crippen molar-refractivity contribution in [2.45, 2.75) is 40.0 Å². The van der Waals surface area contributed by atoms with Gasteiger partial charge < -0.3 is 10.2 Å². The van der Waals surface area contributed by atoms with E-state index in [4.69, 9.17) is 0 Å². The lowest BCUT2D eigenvalue weighted by Crippen LogP contribution is -2.41. The van der Waals surface area contributed by atoms with Crippen molar-refractivity contribution in [3.8, 4) is 0 Å². The molecule has 4 nitrogen and oxygen atoms in total. The fourth-order valence-corrected chi connectivity index (χ4v) is 3.10. The fourth-order valence-electron chi connectivity index (χ4n) is 3.10. The van der Waals surface area contributed by atoms with Crippen LogP contribution in [0.15, 0.2) is 48.5 Å². The molecule has 0 aromatic heterocycles. The highest BCUT2D eigenvalue weighted by Gasteiger charge is 2.19. The highest BCUT2D eigenvalue weighted by Crippen LogP contribution is 2.25. The molecule has 0 saturated heterocycles. The van der Waals surface area contributed by atoms with Gasteiger partial charge in [-0.25, -0.2) is 0 Å². The lowest BCUT2D eigenvalue weighted by molar-refractivity contribution is -0.123. The van der Waals surface area contributed by atoms with Gasteiger partial charge in [-0.3, -0.25) is 9.59 Å². The van der Waals surface area contributed by atoms with Gasteiger partial charge in [-0.2, -0.15) is 0 Å². The number of carbonyl (C=O) groups is 2. The SMILES string of the molecule is CCc1cccc(C)c1N(CC(=O)NCCCc1ccccc1)C(C)=O. The van der Waals surface area contributed by atoms with Gasteiger partial charge in [0.05, 0.1) is 5.69 Å². The topological polar surface area (TPSA) is 49.4 Å². The van der Waals surface area contributed by atoms with Crippen LogP contribution in [0.25, 0.3) is 0 Å². The second-order valence-electron chi connectivity index (χ2n) is 6.48. The zero-order valence-corrected chi connectivity index (χ0v) is 15.9. The number of nitrogens with zero attached hydrogens (tertiary/aromatic N) is 1. The standard InChI is InChI=1S/C22H28N2O2/c1-4-20-14-8-10-17(2)22(20)24(18(3)25)16-21(26)23-15-9-13-19-11-6-5-7-12-19/h5-8,10-12,14H,4,9,13,15-16H2,1-3H3,(H,23,26). The predicted octanol–water partition coefficient (Wildman–Crippen LogP) is 3.66. The number of aryl methyl sites for hydroxylation is 3. The summed E-state index contributed by atoms with van der Waals surface area (Å²) in [5.41, 5.74) is 4.22. The average Bonchev–Trinajstić information content (AvgIpc) is 2.64. The van der Waals surface area contributed by atoms with Crippen molar-refractivity contribution < 1.29 is 9.59 Å². The van der Waals surface area contributed by atoms with Crippen molar-refractivity contribution in [3.05, 3.63) is 65.2 Å². The van der Waals surface area contributed by atoms with Gasteiger partial charge in [0.1, 0.15) is 6.54 Å². The van der Waals surface area contributed by atoms with Crippen LogP contribution in [0.5, 0.6) is 0 Å². The summed E-state index contributed by atoms with van der Waals surface area (Å²) in [6.45, 7) is 6.20. The van der Waals surface area contributed by atoms with Crippen molar-refractivity contribution in [3.63, 3.8) is 0 Å². The van der Waals surface area contributed by atoms with E-state index in [9.17, 15) is 9.59 Å². The van der Waals surface area contributed by atoms with Crippen molar-refractivity contribution in [1.29, 1.82) is 0 Å². The van der Waals surface area contributed by atoms with Gasteiger partial charge in [-0.05, 0) is 42.9 Å². The molecule has 2 rings (SSSR count). The van der Waals surface area contributed by atoms with E-state index < -0.39 is 0 Å². The van der Waals surface area contributed by atoms with E-state index in [-0.39, 0.29) is 18.4 Å². The first-order valence-electron chi connectivity index (χ1n) is 9.20. The summed E-state index contributed by atoms with van der Waals surface area (Å²) in [5.74, 6) is -0.244. The molecule has 0 saturated carbocycles. The summed E-state index contributed by atoms with van der Waals surface area (Å²) in [6.07, 6.45) is 2.62. The Balaban J connectivity index is 1.93. The summed E-state index contributed by atoms with van der Waals surface area (Å²) in [4.78, 5) is 26.1. The molecule has 0 unspecified atom stereocenters. The maximum atomic E-state index is 12.3. The molecule has 26 heavy (non-hydrogen) atoms. The van der Waals surface area contributed by atoms with Gasteiger partial charge in [0.15, 0.2) is 0 Å². The van der Waals surface area contributed by atoms with E-state index in [0.29, 0.717) is 6.54 Å². The first-order chi connectivity index (χ1) is 12.5. The van der Waals surface area contributed by atoms with Gasteiger partial charge >= 0.3 is 0 Å². The molecule has 0 fully saturated rings. The minimum Gasteiger partial charge on any atom is -0.355 e. The molecule has 138 valence electrons. The summed E-state index contributed by atoms with van der Waals surface area (Å²) in [6, 6.07) is 16.2. The van der Waals surface area contributed by atoms with Gasteiger partial charge in [0, 0.05) is 13.5 Å². The maximum absolute atomic E-state index is 12.3. The number of anilines is 1. The number of nitrogens with one attached hydrogen (secondary N) is 1. The van der Waals surface area contributed by atoms with Crippen molar-refractivity contribution in [1.82, 2.24) is 5.32 Å². The molecule has 0 spiro atoms. The van der Waals surface area contributed by atoms with E-state index in [0.717, 1.165) is 36.1 Å². The van der Waals surface area contributed by atoms with Crippen LogP contribution in [0.2, 0.25) is 0 Å². The fraction of sp³-hybridized carbons (Fsp3) is 0.364. The number of rotatable bonds is 8. The molecule has 0 aliphatic heterocycles. The quantitative estimate of drug-likeness (QED) is 0.737. The van der Waals surface area contributed by atoms with Gasteiger partial charge in [-0.15, -0.1) is 0 Å². The van der Waals surface area contributed by atoms with Crippen LogP contribution in [-0.4, -0.2) is 24.9 Å². The van der Waals surface area contributed by atoms with Gasteiger partial charge in [-0.1, -0.05) is 55.5 Å². The molecule has 2 amide bonds. The van der Waals surface area contributed by atoms with Crippen LogP contribution in [0.4, 0.5) is 5.69 Å². The zero-order valence-electron chi connectivity index (χ0n) is 15.9. The molecule has 2 aromatic rings. The first kappa shape index (κ1) is 19.7. The maximum Gasteiger partial charge on any atom is 0.240 e. The van der Waals surface area contributed by atoms with Crippen LogP contribution in [0.3, 0.4) is 0 Å². The monoisotopic (exact) mass is 352 g/mol. The summed E-state index contributed by atoms with van der Waals surface area (Å²) in [5, 5.41) is 2.93. The van der Waals surface area contributed by atoms with E-state index in [1.165, 1.54) is 12.5 Å². The Bertz CT molecular complexity index is 741. The highest BCUT2D eigenvalue weighted by molar-refractivity contribution is 5.98. The lowest BCUT2D eigenvalue weighted by Gasteiger charge is -2.25. The van der Waals surface area contributed by atoms with Crippen molar-refractivity contribution >= 4 is 17.5 Å². The second kappa shape index (κ2) is 9.76.